The molecule has 40 heavy (non-hydrogen) atoms. The molecule has 214 valence electrons. The second-order valence-corrected chi connectivity index (χ2v) is 11.8. The van der Waals surface area contributed by atoms with Crippen molar-refractivity contribution in [2.45, 2.75) is 89.7 Å². The van der Waals surface area contributed by atoms with Crippen molar-refractivity contribution in [1.82, 2.24) is 10.4 Å². The van der Waals surface area contributed by atoms with Crippen molar-refractivity contribution < 1.29 is 24.2 Å². The number of nitrogens with zero attached hydrogens (tertiary/aromatic N) is 1. The molecular formula is C33H42N2O5. The van der Waals surface area contributed by atoms with Crippen molar-refractivity contribution in [3.63, 3.8) is 0 Å². The number of rotatable bonds is 10. The molecule has 3 aromatic carbocycles. The summed E-state index contributed by atoms with van der Waals surface area (Å²) < 4.78 is 18.7. The minimum absolute atomic E-state index is 0.314. The van der Waals surface area contributed by atoms with Crippen molar-refractivity contribution in [1.29, 1.82) is 0 Å². The first-order valence-electron chi connectivity index (χ1n) is 13.9. The van der Waals surface area contributed by atoms with Crippen LogP contribution in [0.15, 0.2) is 91.0 Å². The van der Waals surface area contributed by atoms with E-state index in [1.807, 2.05) is 126 Å². The second kappa shape index (κ2) is 13.0. The van der Waals surface area contributed by atoms with Crippen molar-refractivity contribution in [2.24, 2.45) is 0 Å². The van der Waals surface area contributed by atoms with Gasteiger partial charge in [-0.05, 0) is 64.2 Å². The monoisotopic (exact) mass is 546 g/mol. The summed E-state index contributed by atoms with van der Waals surface area (Å²) >= 11 is 0. The lowest BCUT2D eigenvalue weighted by Gasteiger charge is -2.35. The van der Waals surface area contributed by atoms with Crippen LogP contribution in [0.1, 0.15) is 51.3 Å². The maximum Gasteiger partial charge on any atom is 0.407 e. The molecule has 0 radical (unpaired) electrons. The van der Waals surface area contributed by atoms with Gasteiger partial charge in [-0.25, -0.2) is 4.79 Å². The van der Waals surface area contributed by atoms with E-state index in [1.165, 1.54) is 5.06 Å². The fourth-order valence-electron chi connectivity index (χ4n) is 5.14. The molecule has 3 aromatic rings. The number of amides is 1. The molecule has 1 amide bonds. The Morgan fingerprint density at radius 1 is 0.850 bits per heavy atom. The summed E-state index contributed by atoms with van der Waals surface area (Å²) in [6.45, 7) is 9.56. The number of hydrogen-bond donors (Lipinski definition) is 2. The van der Waals surface area contributed by atoms with Crippen LogP contribution >= 0.6 is 0 Å². The zero-order chi connectivity index (χ0) is 28.8. The number of hydrogen-bond acceptors (Lipinski definition) is 6. The largest absolute Gasteiger partial charge is 0.444 e. The van der Waals surface area contributed by atoms with Gasteiger partial charge in [0.2, 0.25) is 0 Å². The van der Waals surface area contributed by atoms with E-state index in [4.69, 9.17) is 14.2 Å². The van der Waals surface area contributed by atoms with E-state index in [-0.39, 0.29) is 0 Å². The lowest BCUT2D eigenvalue weighted by Crippen LogP contribution is -2.55. The van der Waals surface area contributed by atoms with E-state index in [1.54, 1.807) is 0 Å². The van der Waals surface area contributed by atoms with E-state index >= 15 is 0 Å². The molecule has 2 N–H and O–H groups in total. The molecule has 1 heterocycles. The van der Waals surface area contributed by atoms with Gasteiger partial charge in [0.1, 0.15) is 17.8 Å². The summed E-state index contributed by atoms with van der Waals surface area (Å²) in [6.07, 6.45) is -0.627. The highest BCUT2D eigenvalue weighted by molar-refractivity contribution is 5.68. The third kappa shape index (κ3) is 8.63. The number of alkyl carbamates (subject to hydrolysis) is 1. The van der Waals surface area contributed by atoms with E-state index in [0.29, 0.717) is 19.4 Å². The number of carbonyl (C=O) groups excluding carboxylic acids is 1. The third-order valence-electron chi connectivity index (χ3n) is 6.80. The predicted molar refractivity (Wildman–Crippen MR) is 155 cm³/mol. The quantitative estimate of drug-likeness (QED) is 0.297. The first-order chi connectivity index (χ1) is 19.0. The van der Waals surface area contributed by atoms with Crippen molar-refractivity contribution >= 4 is 6.09 Å². The normalized spacial score (nSPS) is 20.2. The van der Waals surface area contributed by atoms with Crippen LogP contribution in [-0.2, 0) is 33.6 Å². The number of hydroxylamine groups is 2. The SMILES string of the molecule is CC(C)(C)OC(=O)N[C@H](Cc1ccccc1)[C@@H]1OC(C)(C)O[C@H]1[C@H](Cc1ccccc1)N(O)Cc1ccccc1. The molecule has 7 heteroatoms. The minimum atomic E-state index is -0.928. The molecule has 1 saturated heterocycles. The maximum absolute atomic E-state index is 13.0. The number of nitrogens with one attached hydrogen (secondary N) is 1. The molecular weight excluding hydrogens is 504 g/mol. The van der Waals surface area contributed by atoms with Gasteiger partial charge in [-0.3, -0.25) is 0 Å². The van der Waals surface area contributed by atoms with Crippen molar-refractivity contribution in [3.05, 3.63) is 108 Å². The van der Waals surface area contributed by atoms with Crippen LogP contribution in [0.5, 0.6) is 0 Å². The van der Waals surface area contributed by atoms with E-state index in [9.17, 15) is 10.0 Å². The Balaban J connectivity index is 1.68. The topological polar surface area (TPSA) is 80.3 Å². The molecule has 4 atom stereocenters. The fraction of sp³-hybridized carbons (Fsp3) is 0.424. The van der Waals surface area contributed by atoms with E-state index in [2.05, 4.69) is 5.32 Å². The van der Waals surface area contributed by atoms with Crippen LogP contribution in [0, 0.1) is 0 Å². The lowest BCUT2D eigenvalue weighted by molar-refractivity contribution is -0.188. The molecule has 0 saturated carbocycles. The Labute approximate surface area is 238 Å². The Hall–Kier alpha value is -3.23. The molecule has 1 aliphatic rings. The van der Waals surface area contributed by atoms with Crippen LogP contribution in [0.2, 0.25) is 0 Å². The highest BCUT2D eigenvalue weighted by Gasteiger charge is 2.50. The van der Waals surface area contributed by atoms with Crippen LogP contribution in [0.3, 0.4) is 0 Å². The summed E-state index contributed by atoms with van der Waals surface area (Å²) in [4.78, 5) is 13.0. The van der Waals surface area contributed by atoms with Crippen LogP contribution in [0.4, 0.5) is 4.79 Å². The average molecular weight is 547 g/mol. The summed E-state index contributed by atoms with van der Waals surface area (Å²) in [7, 11) is 0. The van der Waals surface area contributed by atoms with Crippen LogP contribution in [0.25, 0.3) is 0 Å². The van der Waals surface area contributed by atoms with Crippen LogP contribution in [-0.4, -0.2) is 52.0 Å². The summed E-state index contributed by atoms with van der Waals surface area (Å²) in [5.41, 5.74) is 2.43. The highest BCUT2D eigenvalue weighted by Crippen LogP contribution is 2.35. The second-order valence-electron chi connectivity index (χ2n) is 11.8. The average Bonchev–Trinajstić information content (AvgIpc) is 3.22. The molecule has 1 aliphatic heterocycles. The number of ether oxygens (including phenoxy) is 3. The van der Waals surface area contributed by atoms with Gasteiger partial charge in [0, 0.05) is 6.54 Å². The molecule has 0 aliphatic carbocycles. The molecule has 0 unspecified atom stereocenters. The Morgan fingerprint density at radius 3 is 1.85 bits per heavy atom. The first kappa shape index (κ1) is 29.7. The van der Waals surface area contributed by atoms with E-state index in [0.717, 1.165) is 16.7 Å². The molecule has 1 fully saturated rings. The zero-order valence-electron chi connectivity index (χ0n) is 24.1. The van der Waals surface area contributed by atoms with Gasteiger partial charge < -0.3 is 24.7 Å². The van der Waals surface area contributed by atoms with Gasteiger partial charge in [0.25, 0.3) is 0 Å². The highest BCUT2D eigenvalue weighted by atomic mass is 16.8. The molecule has 0 bridgehead atoms. The molecule has 4 rings (SSSR count). The molecule has 0 spiro atoms. The van der Waals surface area contributed by atoms with Gasteiger partial charge in [-0.2, -0.15) is 5.06 Å². The van der Waals surface area contributed by atoms with Gasteiger partial charge in [-0.1, -0.05) is 91.0 Å². The summed E-state index contributed by atoms with van der Waals surface area (Å²) in [5.74, 6) is -0.928. The zero-order valence-corrected chi connectivity index (χ0v) is 24.1. The minimum Gasteiger partial charge on any atom is -0.444 e. The van der Waals surface area contributed by atoms with Gasteiger partial charge >= 0.3 is 6.09 Å². The summed E-state index contributed by atoms with van der Waals surface area (Å²) in [6, 6.07) is 28.9. The smallest absolute Gasteiger partial charge is 0.407 e. The van der Waals surface area contributed by atoms with Crippen molar-refractivity contribution in [3.8, 4) is 0 Å². The first-order valence-corrected chi connectivity index (χ1v) is 13.9. The molecule has 0 aromatic heterocycles. The Kier molecular flexibility index (Phi) is 9.64. The Bertz CT molecular complexity index is 1200. The fourth-order valence-corrected chi connectivity index (χ4v) is 5.14. The van der Waals surface area contributed by atoms with Crippen molar-refractivity contribution in [2.75, 3.05) is 0 Å². The van der Waals surface area contributed by atoms with Gasteiger partial charge in [0.05, 0.1) is 12.1 Å². The third-order valence-corrected chi connectivity index (χ3v) is 6.80. The Morgan fingerprint density at radius 2 is 1.32 bits per heavy atom. The summed E-state index contributed by atoms with van der Waals surface area (Å²) in [5, 5.41) is 16.0. The number of benzene rings is 3. The predicted octanol–water partition coefficient (Wildman–Crippen LogP) is 6.15. The van der Waals surface area contributed by atoms with E-state index < -0.39 is 41.8 Å². The number of carbonyl (C=O) groups is 1. The van der Waals surface area contributed by atoms with Crippen LogP contribution < -0.4 is 5.32 Å². The van der Waals surface area contributed by atoms with Gasteiger partial charge in [-0.15, -0.1) is 0 Å². The standard InChI is InChI=1S/C33H42N2O5/c1-32(2,3)40-31(36)34-27(21-24-15-9-6-10-16-24)29-30(39-33(4,5)38-29)28(22-25-17-11-7-12-18-25)35(37)23-26-19-13-8-14-20-26/h6-20,27-30,37H,21-23H2,1-5H3,(H,34,36)/t27-,28+,29+,30+/m1/s1. The van der Waals surface area contributed by atoms with Gasteiger partial charge in [0.15, 0.2) is 5.79 Å². The lowest BCUT2D eigenvalue weighted by atomic mass is 9.91. The molecule has 7 nitrogen and oxygen atoms in total. The maximum atomic E-state index is 13.0.